The van der Waals surface area contributed by atoms with Gasteiger partial charge in [-0.25, -0.2) is 13.4 Å². The van der Waals surface area contributed by atoms with Crippen LogP contribution in [-0.4, -0.2) is 43.5 Å². The summed E-state index contributed by atoms with van der Waals surface area (Å²) in [5.74, 6) is 0.104. The quantitative estimate of drug-likeness (QED) is 0.297. The van der Waals surface area contributed by atoms with Crippen molar-refractivity contribution in [3.05, 3.63) is 88.2 Å². The number of pyridine rings is 1. The molecule has 1 aromatic heterocycles. The molecule has 9 heteroatoms. The fraction of sp³-hybridized carbons (Fsp3) is 0.217. The molecule has 0 saturated carbocycles. The number of carbonyl (C=O) groups is 1. The fourth-order valence-electron chi connectivity index (χ4n) is 3.02. The Morgan fingerprint density at radius 2 is 1.38 bits per heavy atom. The van der Waals surface area contributed by atoms with Crippen molar-refractivity contribution in [2.75, 3.05) is 20.0 Å². The number of nitrogens with zero attached hydrogens (tertiary/aromatic N) is 2. The van der Waals surface area contributed by atoms with Gasteiger partial charge in [0.05, 0.1) is 14.2 Å². The van der Waals surface area contributed by atoms with E-state index >= 15 is 0 Å². The molecule has 0 bridgehead atoms. The number of sulfonamides is 1. The van der Waals surface area contributed by atoms with Crippen molar-refractivity contribution in [2.45, 2.75) is 13.1 Å². The minimum atomic E-state index is -3.94. The molecule has 3 aromatic rings. The lowest BCUT2D eigenvalue weighted by Crippen LogP contribution is -2.35. The van der Waals surface area contributed by atoms with Crippen LogP contribution in [0.3, 0.4) is 0 Å². The van der Waals surface area contributed by atoms with Gasteiger partial charge in [0, 0.05) is 13.1 Å². The minimum absolute atomic E-state index is 0.0943. The summed E-state index contributed by atoms with van der Waals surface area (Å²) < 4.78 is 38.6. The Morgan fingerprint density at radius 3 is 1.81 bits per heavy atom. The third kappa shape index (κ3) is 6.38. The van der Waals surface area contributed by atoms with Crippen LogP contribution in [-0.2, 0) is 23.1 Å². The Labute approximate surface area is 196 Å². The van der Waals surface area contributed by atoms with Crippen molar-refractivity contribution in [1.29, 1.82) is 0 Å². The molecule has 0 unspecified atom stereocenters. The molecule has 0 amide bonds. The van der Waals surface area contributed by atoms with Crippen LogP contribution in [0.2, 0.25) is 0 Å². The predicted octanol–water partition coefficient (Wildman–Crippen LogP) is 4.08. The highest BCUT2D eigenvalue weighted by molar-refractivity contribution is 9.10. The zero-order valence-corrected chi connectivity index (χ0v) is 20.1. The van der Waals surface area contributed by atoms with E-state index in [-0.39, 0.29) is 18.8 Å². The van der Waals surface area contributed by atoms with Gasteiger partial charge in [-0.05, 0) is 63.5 Å². The van der Waals surface area contributed by atoms with E-state index < -0.39 is 21.6 Å². The van der Waals surface area contributed by atoms with Crippen LogP contribution in [0.1, 0.15) is 21.6 Å². The van der Waals surface area contributed by atoms with Crippen LogP contribution in [0, 0.1) is 0 Å². The lowest BCUT2D eigenvalue weighted by molar-refractivity contribution is 0.101. The van der Waals surface area contributed by atoms with E-state index in [9.17, 15) is 13.2 Å². The van der Waals surface area contributed by atoms with Crippen LogP contribution in [0.25, 0.3) is 0 Å². The van der Waals surface area contributed by atoms with Gasteiger partial charge < -0.3 is 9.47 Å². The summed E-state index contributed by atoms with van der Waals surface area (Å²) in [4.78, 5) is 16.7. The fourth-order valence-corrected chi connectivity index (χ4v) is 4.71. The minimum Gasteiger partial charge on any atom is -0.497 e. The molecular formula is C23H23BrN2O5S. The Morgan fingerprint density at radius 1 is 0.875 bits per heavy atom. The van der Waals surface area contributed by atoms with E-state index in [1.54, 1.807) is 74.9 Å². The Balaban J connectivity index is 1.86. The molecule has 2 aromatic carbocycles. The first-order chi connectivity index (χ1) is 15.3. The Kier molecular flexibility index (Phi) is 8.00. The van der Waals surface area contributed by atoms with Gasteiger partial charge in [-0.1, -0.05) is 30.3 Å². The SMILES string of the molecule is COc1ccc(CN(Cc2ccc(OC)cc2)S(=O)(=O)CC(=O)c2cccc(Br)n2)cc1. The summed E-state index contributed by atoms with van der Waals surface area (Å²) >= 11 is 3.21. The zero-order chi connectivity index (χ0) is 23.1. The van der Waals surface area contributed by atoms with E-state index in [4.69, 9.17) is 9.47 Å². The molecular weight excluding hydrogens is 496 g/mol. The van der Waals surface area contributed by atoms with E-state index in [2.05, 4.69) is 20.9 Å². The predicted molar refractivity (Wildman–Crippen MR) is 125 cm³/mol. The third-order valence-corrected chi connectivity index (χ3v) is 6.86. The second-order valence-electron chi connectivity index (χ2n) is 6.99. The highest BCUT2D eigenvalue weighted by atomic mass is 79.9. The molecule has 0 spiro atoms. The number of benzene rings is 2. The van der Waals surface area contributed by atoms with Crippen LogP contribution in [0.5, 0.6) is 11.5 Å². The van der Waals surface area contributed by atoms with Crippen molar-refractivity contribution in [3.8, 4) is 11.5 Å². The van der Waals surface area contributed by atoms with Crippen molar-refractivity contribution >= 4 is 31.7 Å². The monoisotopic (exact) mass is 518 g/mol. The number of hydrogen-bond acceptors (Lipinski definition) is 6. The molecule has 0 fully saturated rings. The maximum absolute atomic E-state index is 13.3. The number of ether oxygens (including phenoxy) is 2. The molecule has 168 valence electrons. The number of ketones is 1. The number of rotatable bonds is 10. The average molecular weight is 519 g/mol. The standard InChI is InChI=1S/C23H23BrN2O5S/c1-30-19-10-6-17(7-11-19)14-26(15-18-8-12-20(31-2)13-9-18)32(28,29)16-22(27)21-4-3-5-23(24)25-21/h3-13H,14-16H2,1-2H3. The maximum Gasteiger partial charge on any atom is 0.222 e. The van der Waals surface area contributed by atoms with Crippen LogP contribution in [0.15, 0.2) is 71.3 Å². The molecule has 0 aliphatic rings. The van der Waals surface area contributed by atoms with Gasteiger partial charge in [-0.3, -0.25) is 4.79 Å². The summed E-state index contributed by atoms with van der Waals surface area (Å²) in [5, 5.41) is 0. The van der Waals surface area contributed by atoms with E-state index in [1.807, 2.05) is 0 Å². The van der Waals surface area contributed by atoms with Crippen LogP contribution < -0.4 is 9.47 Å². The molecule has 0 aliphatic heterocycles. The number of halogens is 1. The molecule has 0 N–H and O–H groups in total. The Bertz CT molecular complexity index is 1120. The number of hydrogen-bond donors (Lipinski definition) is 0. The molecule has 32 heavy (non-hydrogen) atoms. The second-order valence-corrected chi connectivity index (χ2v) is 9.77. The topological polar surface area (TPSA) is 85.8 Å². The highest BCUT2D eigenvalue weighted by Gasteiger charge is 2.27. The maximum atomic E-state index is 13.3. The molecule has 7 nitrogen and oxygen atoms in total. The summed E-state index contributed by atoms with van der Waals surface area (Å²) in [6.45, 7) is 0.217. The van der Waals surface area contributed by atoms with Crippen LogP contribution in [0.4, 0.5) is 0 Å². The largest absolute Gasteiger partial charge is 0.497 e. The second kappa shape index (κ2) is 10.7. The van der Waals surface area contributed by atoms with Gasteiger partial charge in [-0.15, -0.1) is 0 Å². The lowest BCUT2D eigenvalue weighted by atomic mass is 10.2. The zero-order valence-electron chi connectivity index (χ0n) is 17.7. The number of methoxy groups -OCH3 is 2. The van der Waals surface area contributed by atoms with Gasteiger partial charge in [0.25, 0.3) is 0 Å². The van der Waals surface area contributed by atoms with Gasteiger partial charge in [0.2, 0.25) is 10.0 Å². The lowest BCUT2D eigenvalue weighted by Gasteiger charge is -2.22. The normalized spacial score (nSPS) is 11.4. The first-order valence-corrected chi connectivity index (χ1v) is 12.1. The third-order valence-electron chi connectivity index (χ3n) is 4.74. The molecule has 0 aliphatic carbocycles. The number of carbonyl (C=O) groups excluding carboxylic acids is 1. The number of aromatic nitrogens is 1. The number of Topliss-reactive ketones (excluding diaryl/α,β-unsaturated/α-hetero) is 1. The highest BCUT2D eigenvalue weighted by Crippen LogP contribution is 2.20. The summed E-state index contributed by atoms with van der Waals surface area (Å²) in [6.07, 6.45) is 0. The summed E-state index contributed by atoms with van der Waals surface area (Å²) in [7, 11) is -0.811. The molecule has 3 rings (SSSR count). The molecule has 1 heterocycles. The van der Waals surface area contributed by atoms with Crippen LogP contribution >= 0.6 is 15.9 Å². The molecule has 0 radical (unpaired) electrons. The summed E-state index contributed by atoms with van der Waals surface area (Å²) in [6, 6.07) is 19.1. The van der Waals surface area contributed by atoms with Crippen molar-refractivity contribution in [2.24, 2.45) is 0 Å². The Hall–Kier alpha value is -2.75. The van der Waals surface area contributed by atoms with E-state index in [0.29, 0.717) is 16.1 Å². The summed E-state index contributed by atoms with van der Waals surface area (Å²) in [5.41, 5.74) is 1.64. The van der Waals surface area contributed by atoms with Gasteiger partial charge in [0.15, 0.2) is 5.78 Å². The molecule has 0 atom stereocenters. The van der Waals surface area contributed by atoms with Gasteiger partial charge in [0.1, 0.15) is 27.5 Å². The van der Waals surface area contributed by atoms with Crippen molar-refractivity contribution in [3.63, 3.8) is 0 Å². The average Bonchev–Trinajstić information content (AvgIpc) is 2.79. The smallest absolute Gasteiger partial charge is 0.222 e. The van der Waals surface area contributed by atoms with Gasteiger partial charge >= 0.3 is 0 Å². The van der Waals surface area contributed by atoms with Crippen molar-refractivity contribution in [1.82, 2.24) is 9.29 Å². The molecule has 0 saturated heterocycles. The van der Waals surface area contributed by atoms with Crippen molar-refractivity contribution < 1.29 is 22.7 Å². The van der Waals surface area contributed by atoms with E-state index in [0.717, 1.165) is 11.1 Å². The van der Waals surface area contributed by atoms with Gasteiger partial charge in [-0.2, -0.15) is 4.31 Å². The first-order valence-electron chi connectivity index (χ1n) is 9.70. The van der Waals surface area contributed by atoms with E-state index in [1.165, 1.54) is 10.4 Å². The first kappa shape index (κ1) is 23.9.